The van der Waals surface area contributed by atoms with Gasteiger partial charge in [0.25, 0.3) is 0 Å². The molecule has 0 aliphatic heterocycles. The molecule has 0 saturated carbocycles. The fourth-order valence-electron chi connectivity index (χ4n) is 1.27. The highest BCUT2D eigenvalue weighted by molar-refractivity contribution is 7.58. The third-order valence-electron chi connectivity index (χ3n) is 2.01. The van der Waals surface area contributed by atoms with Crippen LogP contribution in [-0.2, 0) is 4.57 Å². The van der Waals surface area contributed by atoms with Gasteiger partial charge in [-0.15, -0.1) is 6.58 Å². The minimum atomic E-state index is -2.49. The van der Waals surface area contributed by atoms with E-state index in [0.717, 1.165) is 12.8 Å². The molecule has 0 spiro atoms. The Morgan fingerprint density at radius 2 is 2.07 bits per heavy atom. The van der Waals surface area contributed by atoms with Gasteiger partial charge in [-0.3, -0.25) is 4.57 Å². The van der Waals surface area contributed by atoms with E-state index in [4.69, 9.17) is 4.52 Å². The Morgan fingerprint density at radius 3 is 2.67 bits per heavy atom. The van der Waals surface area contributed by atoms with Crippen LogP contribution < -0.4 is 4.52 Å². The molecule has 82 valence electrons. The van der Waals surface area contributed by atoms with Crippen LogP contribution in [0.5, 0.6) is 5.75 Å². The lowest BCUT2D eigenvalue weighted by Gasteiger charge is -2.14. The molecule has 2 nitrogen and oxygen atoms in total. The third kappa shape index (κ3) is 4.85. The van der Waals surface area contributed by atoms with Gasteiger partial charge >= 0.3 is 0 Å². The number of unbranched alkanes of at least 4 members (excludes halogenated alkanes) is 1. The van der Waals surface area contributed by atoms with Crippen molar-refractivity contribution in [2.45, 2.75) is 12.8 Å². The molecule has 15 heavy (non-hydrogen) atoms. The van der Waals surface area contributed by atoms with Gasteiger partial charge in [0.15, 0.2) is 0 Å². The Labute approximate surface area is 91.4 Å². The summed E-state index contributed by atoms with van der Waals surface area (Å²) < 4.78 is 17.5. The molecular formula is C12H17O2P. The molecule has 3 heteroatoms. The van der Waals surface area contributed by atoms with Crippen LogP contribution in [0.1, 0.15) is 12.8 Å². The van der Waals surface area contributed by atoms with Crippen LogP contribution in [0, 0.1) is 0 Å². The summed E-state index contributed by atoms with van der Waals surface area (Å²) in [4.78, 5) is 0. The number of benzene rings is 1. The average Bonchev–Trinajstić information content (AvgIpc) is 2.18. The van der Waals surface area contributed by atoms with E-state index in [1.165, 1.54) is 0 Å². The highest BCUT2D eigenvalue weighted by Gasteiger charge is 2.16. The monoisotopic (exact) mass is 224 g/mol. The second-order valence-electron chi connectivity index (χ2n) is 3.57. The van der Waals surface area contributed by atoms with Crippen LogP contribution in [0.4, 0.5) is 0 Å². The first-order valence-electron chi connectivity index (χ1n) is 5.06. The molecule has 0 aliphatic rings. The van der Waals surface area contributed by atoms with Gasteiger partial charge in [0.2, 0.25) is 7.37 Å². The highest BCUT2D eigenvalue weighted by Crippen LogP contribution is 2.43. The lowest BCUT2D eigenvalue weighted by molar-refractivity contribution is 0.486. The first kappa shape index (κ1) is 12.1. The molecule has 0 heterocycles. The Bertz CT molecular complexity index is 346. The maximum Gasteiger partial charge on any atom is 0.245 e. The Kier molecular flexibility index (Phi) is 4.64. The van der Waals surface area contributed by atoms with Crippen molar-refractivity contribution < 1.29 is 9.09 Å². The number of para-hydroxylation sites is 1. The van der Waals surface area contributed by atoms with Crippen molar-refractivity contribution in [3.05, 3.63) is 43.0 Å². The zero-order valence-electron chi connectivity index (χ0n) is 9.06. The van der Waals surface area contributed by atoms with Crippen LogP contribution in [0.2, 0.25) is 0 Å². The zero-order valence-corrected chi connectivity index (χ0v) is 9.95. The average molecular weight is 224 g/mol. The normalized spacial score (nSPS) is 14.2. The maximum atomic E-state index is 12.0. The summed E-state index contributed by atoms with van der Waals surface area (Å²) in [5.41, 5.74) is 0. The van der Waals surface area contributed by atoms with Crippen molar-refractivity contribution in [1.82, 2.24) is 0 Å². The SMILES string of the molecule is C=CCCCP(C)(=O)Oc1ccccc1. The lowest BCUT2D eigenvalue weighted by atomic mass is 10.3. The summed E-state index contributed by atoms with van der Waals surface area (Å²) >= 11 is 0. The van der Waals surface area contributed by atoms with E-state index >= 15 is 0 Å². The predicted molar refractivity (Wildman–Crippen MR) is 64.9 cm³/mol. The predicted octanol–water partition coefficient (Wildman–Crippen LogP) is 3.94. The van der Waals surface area contributed by atoms with E-state index in [1.807, 2.05) is 36.4 Å². The van der Waals surface area contributed by atoms with E-state index in [-0.39, 0.29) is 0 Å². The van der Waals surface area contributed by atoms with Gasteiger partial charge in [-0.05, 0) is 25.0 Å². The first-order chi connectivity index (χ1) is 7.14. The topological polar surface area (TPSA) is 26.3 Å². The molecule has 0 fully saturated rings. The smallest absolute Gasteiger partial charge is 0.245 e. The van der Waals surface area contributed by atoms with Crippen LogP contribution in [-0.4, -0.2) is 12.8 Å². The van der Waals surface area contributed by atoms with Crippen LogP contribution in [0.25, 0.3) is 0 Å². The second-order valence-corrected chi connectivity index (χ2v) is 6.23. The minimum Gasteiger partial charge on any atom is -0.443 e. The molecule has 1 aromatic carbocycles. The fraction of sp³-hybridized carbons (Fsp3) is 0.333. The number of hydrogen-bond acceptors (Lipinski definition) is 2. The summed E-state index contributed by atoms with van der Waals surface area (Å²) in [6.07, 6.45) is 4.19. The van der Waals surface area contributed by atoms with Gasteiger partial charge in [-0.25, -0.2) is 0 Å². The molecule has 1 atom stereocenters. The minimum absolute atomic E-state index is 0.605. The molecule has 0 N–H and O–H groups in total. The van der Waals surface area contributed by atoms with Crippen molar-refractivity contribution in [3.8, 4) is 5.75 Å². The molecular weight excluding hydrogens is 207 g/mol. The summed E-state index contributed by atoms with van der Waals surface area (Å²) in [5.74, 6) is 0.682. The summed E-state index contributed by atoms with van der Waals surface area (Å²) in [6, 6.07) is 9.30. The number of allylic oxidation sites excluding steroid dienone is 1. The van der Waals surface area contributed by atoms with Crippen molar-refractivity contribution in [2.75, 3.05) is 12.8 Å². The van der Waals surface area contributed by atoms with Gasteiger partial charge in [0, 0.05) is 12.8 Å². The van der Waals surface area contributed by atoms with Gasteiger partial charge in [-0.1, -0.05) is 24.3 Å². The van der Waals surface area contributed by atoms with E-state index in [1.54, 1.807) is 6.66 Å². The second kappa shape index (κ2) is 5.77. The molecule has 1 rings (SSSR count). The summed E-state index contributed by atoms with van der Waals surface area (Å²) in [7, 11) is -2.49. The molecule has 0 aromatic heterocycles. The Balaban J connectivity index is 2.49. The number of hydrogen-bond donors (Lipinski definition) is 0. The van der Waals surface area contributed by atoms with Crippen molar-refractivity contribution in [3.63, 3.8) is 0 Å². The molecule has 0 bridgehead atoms. The molecule has 0 aliphatic carbocycles. The molecule has 1 aromatic rings. The van der Waals surface area contributed by atoms with E-state index in [0.29, 0.717) is 11.9 Å². The number of rotatable bonds is 6. The van der Waals surface area contributed by atoms with Crippen LogP contribution in [0.15, 0.2) is 43.0 Å². The standard InChI is InChI=1S/C12H17O2P/c1-3-4-8-11-15(2,13)14-12-9-6-5-7-10-12/h3,5-7,9-10H,1,4,8,11H2,2H3. The molecule has 0 saturated heterocycles. The van der Waals surface area contributed by atoms with Gasteiger partial charge in [0.1, 0.15) is 5.75 Å². The van der Waals surface area contributed by atoms with Gasteiger partial charge in [0.05, 0.1) is 0 Å². The van der Waals surface area contributed by atoms with Crippen molar-refractivity contribution >= 4 is 7.37 Å². The van der Waals surface area contributed by atoms with E-state index < -0.39 is 7.37 Å². The van der Waals surface area contributed by atoms with E-state index in [9.17, 15) is 4.57 Å². The lowest BCUT2D eigenvalue weighted by Crippen LogP contribution is -1.96. The first-order valence-corrected chi connectivity index (χ1v) is 7.32. The summed E-state index contributed by atoms with van der Waals surface area (Å²) in [6.45, 7) is 5.32. The molecule has 0 amide bonds. The maximum absolute atomic E-state index is 12.0. The van der Waals surface area contributed by atoms with Crippen molar-refractivity contribution in [1.29, 1.82) is 0 Å². The van der Waals surface area contributed by atoms with Crippen molar-refractivity contribution in [2.24, 2.45) is 0 Å². The van der Waals surface area contributed by atoms with Gasteiger partial charge in [-0.2, -0.15) is 0 Å². The van der Waals surface area contributed by atoms with Gasteiger partial charge < -0.3 is 4.52 Å². The quantitative estimate of drug-likeness (QED) is 0.415. The highest BCUT2D eigenvalue weighted by atomic mass is 31.2. The third-order valence-corrected chi connectivity index (χ3v) is 3.74. The Hall–Kier alpha value is -1.01. The fourth-order valence-corrected chi connectivity index (χ4v) is 2.69. The largest absolute Gasteiger partial charge is 0.443 e. The molecule has 0 radical (unpaired) electrons. The summed E-state index contributed by atoms with van der Waals surface area (Å²) in [5, 5.41) is 0. The molecule has 1 unspecified atom stereocenters. The Morgan fingerprint density at radius 1 is 1.40 bits per heavy atom. The van der Waals surface area contributed by atoms with Crippen LogP contribution in [0.3, 0.4) is 0 Å². The van der Waals surface area contributed by atoms with Crippen LogP contribution >= 0.6 is 7.37 Å². The zero-order chi connectivity index (χ0) is 11.1. The van der Waals surface area contributed by atoms with E-state index in [2.05, 4.69) is 6.58 Å².